The highest BCUT2D eigenvalue weighted by Crippen LogP contribution is 2.34. The van der Waals surface area contributed by atoms with E-state index in [0.29, 0.717) is 35.7 Å². The molecule has 1 unspecified atom stereocenters. The van der Waals surface area contributed by atoms with Crippen molar-refractivity contribution in [3.05, 3.63) is 88.7 Å². The summed E-state index contributed by atoms with van der Waals surface area (Å²) in [7, 11) is 4.75. The van der Waals surface area contributed by atoms with Gasteiger partial charge in [0.1, 0.15) is 0 Å². The Hall–Kier alpha value is -4.40. The Bertz CT molecular complexity index is 1280. The Balaban J connectivity index is 1.69. The predicted octanol–water partition coefficient (Wildman–Crippen LogP) is 3.37. The second-order valence-electron chi connectivity index (χ2n) is 8.39. The number of nitrogens with zero attached hydrogens (tertiary/aromatic N) is 3. The first-order valence-corrected chi connectivity index (χ1v) is 11.6. The Morgan fingerprint density at radius 1 is 1.08 bits per heavy atom. The molecule has 9 heteroatoms. The van der Waals surface area contributed by atoms with Crippen LogP contribution in [-0.2, 0) is 13.0 Å². The molecule has 0 radical (unpaired) electrons. The summed E-state index contributed by atoms with van der Waals surface area (Å²) in [5, 5.41) is 11.8. The second kappa shape index (κ2) is 10.9. The van der Waals surface area contributed by atoms with Gasteiger partial charge < -0.3 is 20.1 Å². The summed E-state index contributed by atoms with van der Waals surface area (Å²) >= 11 is 0. The minimum Gasteiger partial charge on any atom is -0.493 e. The van der Waals surface area contributed by atoms with Gasteiger partial charge in [-0.3, -0.25) is 9.78 Å². The lowest BCUT2D eigenvalue weighted by Gasteiger charge is -2.22. The quantitative estimate of drug-likeness (QED) is 0.555. The first kappa shape index (κ1) is 24.7. The molecule has 2 heterocycles. The standard InChI is InChI=1S/C27H29N5O4/c1-17-12-21-13-23(35-3)24(36-4)14-22(21)25(31-32(17)27(34)28-2)19-7-9-20(10-8-19)26(33)30-16-18-6-5-11-29-15-18/h5-11,13-15,17H,12,16H2,1-4H3,(H,28,34)(H,30,33). The van der Waals surface area contributed by atoms with Crippen molar-refractivity contribution < 1.29 is 19.1 Å². The largest absolute Gasteiger partial charge is 0.493 e. The van der Waals surface area contributed by atoms with Crippen molar-refractivity contribution in [2.75, 3.05) is 21.3 Å². The van der Waals surface area contributed by atoms with Gasteiger partial charge in [0.2, 0.25) is 0 Å². The van der Waals surface area contributed by atoms with E-state index in [9.17, 15) is 9.59 Å². The molecule has 4 rings (SSSR count). The van der Waals surface area contributed by atoms with Gasteiger partial charge in [-0.1, -0.05) is 18.2 Å². The smallest absolute Gasteiger partial charge is 0.337 e. The van der Waals surface area contributed by atoms with Crippen molar-refractivity contribution in [3.8, 4) is 11.5 Å². The number of hydrogen-bond acceptors (Lipinski definition) is 6. The van der Waals surface area contributed by atoms with Crippen LogP contribution in [0.1, 0.15) is 39.5 Å². The van der Waals surface area contributed by atoms with Crippen LogP contribution >= 0.6 is 0 Å². The Morgan fingerprint density at radius 3 is 2.44 bits per heavy atom. The number of urea groups is 1. The molecule has 1 aromatic heterocycles. The number of hydrazone groups is 1. The number of amides is 3. The lowest BCUT2D eigenvalue weighted by atomic mass is 9.93. The van der Waals surface area contributed by atoms with Crippen molar-refractivity contribution in [2.24, 2.45) is 5.10 Å². The Labute approximate surface area is 210 Å². The molecule has 0 saturated carbocycles. The molecule has 0 saturated heterocycles. The van der Waals surface area contributed by atoms with Crippen LogP contribution in [0.3, 0.4) is 0 Å². The van der Waals surface area contributed by atoms with Crippen LogP contribution < -0.4 is 20.1 Å². The van der Waals surface area contributed by atoms with Crippen LogP contribution in [0.25, 0.3) is 0 Å². The zero-order valence-corrected chi connectivity index (χ0v) is 20.7. The van der Waals surface area contributed by atoms with Gasteiger partial charge >= 0.3 is 6.03 Å². The van der Waals surface area contributed by atoms with E-state index in [-0.39, 0.29) is 18.0 Å². The summed E-state index contributed by atoms with van der Waals surface area (Å²) in [6.45, 7) is 2.33. The molecule has 0 spiro atoms. The minimum atomic E-state index is -0.307. The van der Waals surface area contributed by atoms with Crippen molar-refractivity contribution in [1.82, 2.24) is 20.6 Å². The van der Waals surface area contributed by atoms with E-state index in [4.69, 9.17) is 14.6 Å². The average molecular weight is 488 g/mol. The molecule has 2 aromatic carbocycles. The van der Waals surface area contributed by atoms with E-state index in [2.05, 4.69) is 15.6 Å². The highest BCUT2D eigenvalue weighted by molar-refractivity contribution is 6.15. The SMILES string of the molecule is CNC(=O)N1N=C(c2ccc(C(=O)NCc3cccnc3)cc2)c2cc(OC)c(OC)cc2CC1C. The topological polar surface area (TPSA) is 105 Å². The fraction of sp³-hybridized carbons (Fsp3) is 0.259. The Morgan fingerprint density at radius 2 is 1.81 bits per heavy atom. The number of pyridine rings is 1. The summed E-state index contributed by atoms with van der Waals surface area (Å²) in [6, 6.07) is 14.2. The van der Waals surface area contributed by atoms with Crippen LogP contribution in [0.2, 0.25) is 0 Å². The minimum absolute atomic E-state index is 0.194. The fourth-order valence-electron chi connectivity index (χ4n) is 4.12. The molecule has 186 valence electrons. The lowest BCUT2D eigenvalue weighted by molar-refractivity contribution is 0.0951. The van der Waals surface area contributed by atoms with Crippen molar-refractivity contribution in [2.45, 2.75) is 25.9 Å². The summed E-state index contributed by atoms with van der Waals surface area (Å²) in [5.74, 6) is 0.980. The third-order valence-electron chi connectivity index (χ3n) is 6.02. The van der Waals surface area contributed by atoms with Gasteiger partial charge in [-0.15, -0.1) is 0 Å². The maximum absolute atomic E-state index is 12.7. The first-order valence-electron chi connectivity index (χ1n) is 11.6. The maximum atomic E-state index is 12.7. The molecule has 0 bridgehead atoms. The van der Waals surface area contributed by atoms with Gasteiger partial charge in [0.15, 0.2) is 11.5 Å². The third-order valence-corrected chi connectivity index (χ3v) is 6.02. The Kier molecular flexibility index (Phi) is 7.48. The zero-order valence-electron chi connectivity index (χ0n) is 20.7. The summed E-state index contributed by atoms with van der Waals surface area (Å²) in [5.41, 5.74) is 4.60. The number of carbonyl (C=O) groups is 2. The van der Waals surface area contributed by atoms with Gasteiger partial charge in [0.05, 0.1) is 26.0 Å². The number of aromatic nitrogens is 1. The van der Waals surface area contributed by atoms with Crippen molar-refractivity contribution in [3.63, 3.8) is 0 Å². The molecule has 1 aliphatic heterocycles. The van der Waals surface area contributed by atoms with E-state index < -0.39 is 0 Å². The number of carbonyl (C=O) groups excluding carboxylic acids is 2. The van der Waals surface area contributed by atoms with Crippen LogP contribution in [-0.4, -0.2) is 55.0 Å². The normalized spacial score (nSPS) is 14.7. The van der Waals surface area contributed by atoms with Crippen LogP contribution in [0, 0.1) is 0 Å². The number of benzene rings is 2. The van der Waals surface area contributed by atoms with Gasteiger partial charge in [-0.2, -0.15) is 5.10 Å². The van der Waals surface area contributed by atoms with Crippen molar-refractivity contribution >= 4 is 17.6 Å². The van der Waals surface area contributed by atoms with E-state index in [1.165, 1.54) is 5.01 Å². The molecular formula is C27H29N5O4. The first-order chi connectivity index (χ1) is 17.4. The van der Waals surface area contributed by atoms with Gasteiger partial charge in [-0.05, 0) is 54.8 Å². The molecule has 1 atom stereocenters. The highest BCUT2D eigenvalue weighted by atomic mass is 16.5. The summed E-state index contributed by atoms with van der Waals surface area (Å²) in [4.78, 5) is 29.4. The lowest BCUT2D eigenvalue weighted by Crippen LogP contribution is -2.41. The number of ether oxygens (including phenoxy) is 2. The van der Waals surface area contributed by atoms with Gasteiger partial charge in [-0.25, -0.2) is 9.80 Å². The van der Waals surface area contributed by atoms with E-state index in [0.717, 1.165) is 22.3 Å². The monoisotopic (exact) mass is 487 g/mol. The fourth-order valence-corrected chi connectivity index (χ4v) is 4.12. The molecule has 9 nitrogen and oxygen atoms in total. The molecule has 0 fully saturated rings. The van der Waals surface area contributed by atoms with Gasteiger partial charge in [0.25, 0.3) is 5.91 Å². The van der Waals surface area contributed by atoms with E-state index >= 15 is 0 Å². The van der Waals surface area contributed by atoms with Crippen molar-refractivity contribution in [1.29, 1.82) is 0 Å². The zero-order chi connectivity index (χ0) is 25.7. The van der Waals surface area contributed by atoms with E-state index in [1.54, 1.807) is 45.8 Å². The average Bonchev–Trinajstić information content (AvgIpc) is 3.06. The molecule has 2 N–H and O–H groups in total. The van der Waals surface area contributed by atoms with Crippen LogP contribution in [0.15, 0.2) is 66.0 Å². The summed E-state index contributed by atoms with van der Waals surface area (Å²) in [6.07, 6.45) is 3.98. The number of fused-ring (bicyclic) bond motifs is 1. The predicted molar refractivity (Wildman–Crippen MR) is 136 cm³/mol. The molecule has 3 amide bonds. The molecule has 0 aliphatic carbocycles. The molecule has 1 aliphatic rings. The number of nitrogens with one attached hydrogen (secondary N) is 2. The molecular weight excluding hydrogens is 458 g/mol. The number of methoxy groups -OCH3 is 2. The molecule has 3 aromatic rings. The van der Waals surface area contributed by atoms with Gasteiger partial charge in [0, 0.05) is 42.7 Å². The number of hydrogen-bond donors (Lipinski definition) is 2. The maximum Gasteiger partial charge on any atom is 0.337 e. The van der Waals surface area contributed by atoms with Crippen LogP contribution in [0.5, 0.6) is 11.5 Å². The number of rotatable bonds is 6. The highest BCUT2D eigenvalue weighted by Gasteiger charge is 2.28. The van der Waals surface area contributed by atoms with E-state index in [1.807, 2.05) is 43.3 Å². The summed E-state index contributed by atoms with van der Waals surface area (Å²) < 4.78 is 11.0. The third kappa shape index (κ3) is 5.14. The second-order valence-corrected chi connectivity index (χ2v) is 8.39. The van der Waals surface area contributed by atoms with Crippen LogP contribution in [0.4, 0.5) is 4.79 Å². The molecule has 36 heavy (non-hydrogen) atoms.